The first-order valence-electron chi connectivity index (χ1n) is 3.28. The van der Waals surface area contributed by atoms with E-state index in [1.165, 1.54) is 0 Å². The summed E-state index contributed by atoms with van der Waals surface area (Å²) in [5.41, 5.74) is 0. The maximum absolute atomic E-state index is 8.91. The average molecular weight is 132 g/mol. The van der Waals surface area contributed by atoms with Gasteiger partial charge in [-0.1, -0.05) is 6.92 Å². The van der Waals surface area contributed by atoms with Gasteiger partial charge >= 0.3 is 0 Å². The predicted molar refractivity (Wildman–Crippen MR) is 31.7 cm³/mol. The third-order valence-corrected chi connectivity index (χ3v) is 1.31. The summed E-state index contributed by atoms with van der Waals surface area (Å²) < 4.78 is 10.1. The molecule has 1 N–H and O–H groups in total. The molecule has 54 valence electrons. The van der Waals surface area contributed by atoms with Crippen LogP contribution in [-0.4, -0.2) is 24.3 Å². The number of aliphatic hydroxyl groups is 1. The van der Waals surface area contributed by atoms with Gasteiger partial charge in [0, 0.05) is 6.42 Å². The highest BCUT2D eigenvalue weighted by Gasteiger charge is 2.18. The summed E-state index contributed by atoms with van der Waals surface area (Å²) in [6, 6.07) is 0. The van der Waals surface area contributed by atoms with Gasteiger partial charge in [-0.2, -0.15) is 0 Å². The number of hydrogen-bond acceptors (Lipinski definition) is 3. The van der Waals surface area contributed by atoms with E-state index in [-0.39, 0.29) is 6.29 Å². The number of ether oxygens (including phenoxy) is 2. The largest absolute Gasteiger partial charge is 0.368 e. The standard InChI is InChI=1S/C6H12O3/c1-2-6-8-4-3-5(7)9-6/h5-7H,2-4H2,1H3. The lowest BCUT2D eigenvalue weighted by molar-refractivity contribution is -0.270. The Balaban J connectivity index is 2.23. The Labute approximate surface area is 54.6 Å². The smallest absolute Gasteiger partial charge is 0.160 e. The molecule has 0 aromatic carbocycles. The van der Waals surface area contributed by atoms with Crippen molar-refractivity contribution in [1.29, 1.82) is 0 Å². The van der Waals surface area contributed by atoms with Crippen LogP contribution in [0.25, 0.3) is 0 Å². The molecule has 0 aromatic heterocycles. The van der Waals surface area contributed by atoms with Gasteiger partial charge in [0.05, 0.1) is 6.61 Å². The van der Waals surface area contributed by atoms with E-state index >= 15 is 0 Å². The molecule has 0 saturated carbocycles. The van der Waals surface area contributed by atoms with Gasteiger partial charge in [0.25, 0.3) is 0 Å². The molecule has 3 nitrogen and oxygen atoms in total. The second-order valence-corrected chi connectivity index (χ2v) is 2.09. The number of hydrogen-bond donors (Lipinski definition) is 1. The van der Waals surface area contributed by atoms with Crippen LogP contribution in [0.5, 0.6) is 0 Å². The molecule has 2 unspecified atom stereocenters. The SMILES string of the molecule is CCC1OCCC(O)O1. The van der Waals surface area contributed by atoms with E-state index in [1.807, 2.05) is 6.92 Å². The summed E-state index contributed by atoms with van der Waals surface area (Å²) in [6.07, 6.45) is 0.602. The van der Waals surface area contributed by atoms with Crippen LogP contribution in [0.3, 0.4) is 0 Å². The molecule has 0 aliphatic carbocycles. The second-order valence-electron chi connectivity index (χ2n) is 2.09. The Hall–Kier alpha value is -0.120. The van der Waals surface area contributed by atoms with Crippen LogP contribution in [0.15, 0.2) is 0 Å². The second kappa shape index (κ2) is 3.15. The van der Waals surface area contributed by atoms with Gasteiger partial charge in [-0.15, -0.1) is 0 Å². The van der Waals surface area contributed by atoms with E-state index in [0.717, 1.165) is 6.42 Å². The highest BCUT2D eigenvalue weighted by atomic mass is 16.7. The fourth-order valence-corrected chi connectivity index (χ4v) is 0.797. The van der Waals surface area contributed by atoms with Crippen molar-refractivity contribution in [3.8, 4) is 0 Å². The maximum Gasteiger partial charge on any atom is 0.160 e. The molecular weight excluding hydrogens is 120 g/mol. The molecule has 0 radical (unpaired) electrons. The minimum absolute atomic E-state index is 0.186. The van der Waals surface area contributed by atoms with Crippen molar-refractivity contribution >= 4 is 0 Å². The molecule has 1 rings (SSSR count). The van der Waals surface area contributed by atoms with E-state index < -0.39 is 6.29 Å². The topological polar surface area (TPSA) is 38.7 Å². The van der Waals surface area contributed by atoms with Crippen molar-refractivity contribution < 1.29 is 14.6 Å². The summed E-state index contributed by atoms with van der Waals surface area (Å²) in [4.78, 5) is 0. The molecule has 1 aliphatic rings. The third kappa shape index (κ3) is 1.93. The van der Waals surface area contributed by atoms with Crippen LogP contribution >= 0.6 is 0 Å². The monoisotopic (exact) mass is 132 g/mol. The minimum atomic E-state index is -0.608. The van der Waals surface area contributed by atoms with Gasteiger partial charge in [-0.05, 0) is 6.42 Å². The lowest BCUT2D eigenvalue weighted by atomic mass is 10.4. The highest BCUT2D eigenvalue weighted by Crippen LogP contribution is 2.11. The minimum Gasteiger partial charge on any atom is -0.368 e. The van der Waals surface area contributed by atoms with E-state index in [4.69, 9.17) is 14.6 Å². The molecule has 0 amide bonds. The van der Waals surface area contributed by atoms with E-state index in [2.05, 4.69) is 0 Å². The zero-order chi connectivity index (χ0) is 6.69. The molecule has 9 heavy (non-hydrogen) atoms. The summed E-state index contributed by atoms with van der Waals surface area (Å²) in [6.45, 7) is 2.57. The lowest BCUT2D eigenvalue weighted by Gasteiger charge is -2.25. The fourth-order valence-electron chi connectivity index (χ4n) is 0.797. The third-order valence-electron chi connectivity index (χ3n) is 1.31. The molecule has 3 heteroatoms. The Kier molecular flexibility index (Phi) is 2.45. The van der Waals surface area contributed by atoms with Crippen LogP contribution in [0.2, 0.25) is 0 Å². The van der Waals surface area contributed by atoms with Crippen LogP contribution in [0.1, 0.15) is 19.8 Å². The molecule has 1 fully saturated rings. The average Bonchev–Trinajstić information content (AvgIpc) is 1.88. The predicted octanol–water partition coefficient (Wildman–Crippen LogP) is 0.478. The van der Waals surface area contributed by atoms with Gasteiger partial charge in [0.15, 0.2) is 12.6 Å². The van der Waals surface area contributed by atoms with E-state index in [0.29, 0.717) is 13.0 Å². The van der Waals surface area contributed by atoms with Crippen LogP contribution < -0.4 is 0 Å². The first-order valence-corrected chi connectivity index (χ1v) is 3.28. The van der Waals surface area contributed by atoms with E-state index in [1.54, 1.807) is 0 Å². The van der Waals surface area contributed by atoms with Crippen molar-refractivity contribution in [2.24, 2.45) is 0 Å². The maximum atomic E-state index is 8.91. The molecule has 1 heterocycles. The Morgan fingerprint density at radius 2 is 2.44 bits per heavy atom. The Morgan fingerprint density at radius 3 is 2.89 bits per heavy atom. The highest BCUT2D eigenvalue weighted by molar-refractivity contribution is 4.51. The van der Waals surface area contributed by atoms with Crippen molar-refractivity contribution in [1.82, 2.24) is 0 Å². The molecule has 0 aromatic rings. The molecular formula is C6H12O3. The van der Waals surface area contributed by atoms with Gasteiger partial charge in [0.1, 0.15) is 0 Å². The Bertz CT molecular complexity index is 84.4. The molecule has 0 spiro atoms. The van der Waals surface area contributed by atoms with Crippen molar-refractivity contribution in [2.75, 3.05) is 6.61 Å². The number of rotatable bonds is 1. The molecule has 1 aliphatic heterocycles. The lowest BCUT2D eigenvalue weighted by Crippen LogP contribution is -2.31. The Morgan fingerprint density at radius 1 is 1.67 bits per heavy atom. The first-order chi connectivity index (χ1) is 4.33. The van der Waals surface area contributed by atoms with Crippen molar-refractivity contribution in [3.63, 3.8) is 0 Å². The van der Waals surface area contributed by atoms with Gasteiger partial charge < -0.3 is 14.6 Å². The van der Waals surface area contributed by atoms with E-state index in [9.17, 15) is 0 Å². The van der Waals surface area contributed by atoms with Gasteiger partial charge in [-0.3, -0.25) is 0 Å². The van der Waals surface area contributed by atoms with Crippen LogP contribution in [-0.2, 0) is 9.47 Å². The molecule has 2 atom stereocenters. The molecule has 0 bridgehead atoms. The van der Waals surface area contributed by atoms with Gasteiger partial charge in [0.2, 0.25) is 0 Å². The van der Waals surface area contributed by atoms with Crippen molar-refractivity contribution in [2.45, 2.75) is 32.3 Å². The van der Waals surface area contributed by atoms with Gasteiger partial charge in [-0.25, -0.2) is 0 Å². The summed E-state index contributed by atoms with van der Waals surface area (Å²) in [7, 11) is 0. The quantitative estimate of drug-likeness (QED) is 0.564. The fraction of sp³-hybridized carbons (Fsp3) is 1.00. The summed E-state index contributed by atoms with van der Waals surface area (Å²) >= 11 is 0. The first kappa shape index (κ1) is 6.99. The normalized spacial score (nSPS) is 36.7. The molecule has 1 saturated heterocycles. The summed E-state index contributed by atoms with van der Waals surface area (Å²) in [5, 5.41) is 8.91. The zero-order valence-corrected chi connectivity index (χ0v) is 5.54. The van der Waals surface area contributed by atoms with Crippen LogP contribution in [0, 0.1) is 0 Å². The van der Waals surface area contributed by atoms with Crippen molar-refractivity contribution in [3.05, 3.63) is 0 Å². The zero-order valence-electron chi connectivity index (χ0n) is 5.54. The number of aliphatic hydroxyl groups excluding tert-OH is 1. The summed E-state index contributed by atoms with van der Waals surface area (Å²) in [5.74, 6) is 0. The van der Waals surface area contributed by atoms with Crippen LogP contribution in [0.4, 0.5) is 0 Å².